The van der Waals surface area contributed by atoms with Gasteiger partial charge in [0, 0.05) is 19.3 Å². The molecule has 36 heavy (non-hydrogen) atoms. The minimum absolute atomic E-state index is 0.233. The van der Waals surface area contributed by atoms with Crippen molar-refractivity contribution in [3.8, 4) is 0 Å². The van der Waals surface area contributed by atoms with Crippen LogP contribution in [-0.2, 0) is 29.9 Å². The molecule has 1 fully saturated rings. The number of fused-ring (bicyclic) bond motifs is 1. The van der Waals surface area contributed by atoms with Gasteiger partial charge in [0.25, 0.3) is 11.8 Å². The summed E-state index contributed by atoms with van der Waals surface area (Å²) < 4.78 is 41.5. The summed E-state index contributed by atoms with van der Waals surface area (Å²) >= 11 is 0. The number of amides is 2. The van der Waals surface area contributed by atoms with Crippen LogP contribution in [0.1, 0.15) is 16.2 Å². The van der Waals surface area contributed by atoms with Crippen molar-refractivity contribution in [3.63, 3.8) is 0 Å². The van der Waals surface area contributed by atoms with Gasteiger partial charge in [0.1, 0.15) is 0 Å². The molecule has 190 valence electrons. The molecular formula is C23H24N4O8S. The van der Waals surface area contributed by atoms with Crippen LogP contribution in [0.25, 0.3) is 11.2 Å². The summed E-state index contributed by atoms with van der Waals surface area (Å²) in [5.74, 6) is -2.96. The Kier molecular flexibility index (Phi) is 7.90. The highest BCUT2D eigenvalue weighted by molar-refractivity contribution is 7.90. The summed E-state index contributed by atoms with van der Waals surface area (Å²) in [5.41, 5.74) is 1.06. The van der Waals surface area contributed by atoms with Gasteiger partial charge in [-0.2, -0.15) is 4.98 Å². The molecule has 0 bridgehead atoms. The second kappa shape index (κ2) is 11.3. The fourth-order valence-electron chi connectivity index (χ4n) is 3.47. The van der Waals surface area contributed by atoms with Crippen molar-refractivity contribution in [2.45, 2.75) is 11.9 Å². The van der Waals surface area contributed by atoms with Crippen molar-refractivity contribution in [3.05, 3.63) is 60.1 Å². The lowest BCUT2D eigenvalue weighted by Gasteiger charge is -2.28. The molecule has 1 aliphatic heterocycles. The van der Waals surface area contributed by atoms with Crippen molar-refractivity contribution in [1.82, 2.24) is 20.2 Å². The van der Waals surface area contributed by atoms with E-state index in [0.29, 0.717) is 24.4 Å². The Balaban J connectivity index is 1.44. The maximum atomic E-state index is 12.9. The number of benzene rings is 1. The van der Waals surface area contributed by atoms with Crippen LogP contribution in [0.15, 0.2) is 53.1 Å². The number of morpholine rings is 1. The zero-order chi connectivity index (χ0) is 25.5. The van der Waals surface area contributed by atoms with Gasteiger partial charge in [-0.15, -0.1) is 0 Å². The van der Waals surface area contributed by atoms with E-state index >= 15 is 0 Å². The van der Waals surface area contributed by atoms with Crippen LogP contribution in [0.3, 0.4) is 0 Å². The molecule has 1 atom stereocenters. The molecule has 3 aromatic rings. The van der Waals surface area contributed by atoms with Crippen LogP contribution >= 0.6 is 0 Å². The number of ether oxygens (including phenoxy) is 2. The van der Waals surface area contributed by atoms with Gasteiger partial charge in [-0.25, -0.2) is 18.2 Å². The summed E-state index contributed by atoms with van der Waals surface area (Å²) in [6.45, 7) is 0.538. The van der Waals surface area contributed by atoms with Crippen LogP contribution in [0.5, 0.6) is 0 Å². The zero-order valence-corrected chi connectivity index (χ0v) is 20.0. The molecule has 13 heteroatoms. The summed E-state index contributed by atoms with van der Waals surface area (Å²) in [5, 5.41) is 2.33. The van der Waals surface area contributed by atoms with Crippen LogP contribution in [0.2, 0.25) is 0 Å². The predicted molar refractivity (Wildman–Crippen MR) is 126 cm³/mol. The second-order valence-electron chi connectivity index (χ2n) is 8.00. The third-order valence-electron chi connectivity index (χ3n) is 5.27. The minimum atomic E-state index is -3.87. The van der Waals surface area contributed by atoms with Gasteiger partial charge in [-0.1, -0.05) is 30.3 Å². The van der Waals surface area contributed by atoms with Crippen molar-refractivity contribution in [2.24, 2.45) is 0 Å². The van der Waals surface area contributed by atoms with E-state index < -0.39 is 46.0 Å². The van der Waals surface area contributed by atoms with E-state index in [1.165, 1.54) is 11.1 Å². The van der Waals surface area contributed by atoms with E-state index in [2.05, 4.69) is 15.3 Å². The molecule has 12 nitrogen and oxygen atoms in total. The highest BCUT2D eigenvalue weighted by Crippen LogP contribution is 2.13. The number of pyridine rings is 1. The summed E-state index contributed by atoms with van der Waals surface area (Å²) in [6, 6.07) is 11.6. The van der Waals surface area contributed by atoms with E-state index in [-0.39, 0.29) is 30.4 Å². The minimum Gasteiger partial charge on any atom is -0.435 e. The number of carbonyl (C=O) groups is 3. The van der Waals surface area contributed by atoms with Gasteiger partial charge >= 0.3 is 6.09 Å². The lowest BCUT2D eigenvalue weighted by atomic mass is 10.2. The third-order valence-corrected chi connectivity index (χ3v) is 6.85. The molecule has 3 heterocycles. The monoisotopic (exact) mass is 516 g/mol. The Morgan fingerprint density at radius 1 is 1.08 bits per heavy atom. The van der Waals surface area contributed by atoms with Crippen molar-refractivity contribution < 1.29 is 36.7 Å². The lowest BCUT2D eigenvalue weighted by molar-refractivity contribution is -0.129. The largest absolute Gasteiger partial charge is 0.435 e. The first-order chi connectivity index (χ1) is 17.3. The van der Waals surface area contributed by atoms with E-state index in [9.17, 15) is 22.8 Å². The first kappa shape index (κ1) is 25.3. The highest BCUT2D eigenvalue weighted by atomic mass is 32.2. The molecule has 0 saturated carbocycles. The normalized spacial score (nSPS) is 14.8. The maximum Gasteiger partial charge on any atom is 0.410 e. The number of oxazole rings is 1. The Labute approximate surface area is 206 Å². The molecule has 1 saturated heterocycles. The maximum absolute atomic E-state index is 12.9. The van der Waals surface area contributed by atoms with Crippen molar-refractivity contribution in [1.29, 1.82) is 0 Å². The number of nitrogens with one attached hydrogen (secondary N) is 1. The molecule has 2 aromatic heterocycles. The van der Waals surface area contributed by atoms with Gasteiger partial charge in [0.2, 0.25) is 5.78 Å². The number of aromatic nitrogens is 2. The molecule has 1 aliphatic rings. The van der Waals surface area contributed by atoms with Gasteiger partial charge < -0.3 is 24.1 Å². The van der Waals surface area contributed by atoms with Crippen LogP contribution in [0.4, 0.5) is 4.79 Å². The van der Waals surface area contributed by atoms with E-state index in [0.717, 1.165) is 0 Å². The molecule has 0 spiro atoms. The SMILES string of the molecule is O=C(CNC(=O)[C@H](CS(=O)(=O)Cc1ccccc1)OC(=O)N1CCOCC1)c1nc2ncccc2o1. The fraction of sp³-hybridized carbons (Fsp3) is 0.348. The van der Waals surface area contributed by atoms with Gasteiger partial charge in [0.05, 0.1) is 31.3 Å². The van der Waals surface area contributed by atoms with E-state index in [1.807, 2.05) is 0 Å². The predicted octanol–water partition coefficient (Wildman–Crippen LogP) is 0.974. The van der Waals surface area contributed by atoms with Crippen molar-refractivity contribution >= 4 is 38.9 Å². The molecule has 1 aromatic carbocycles. The lowest BCUT2D eigenvalue weighted by Crippen LogP contribution is -2.48. The summed E-state index contributed by atoms with van der Waals surface area (Å²) in [4.78, 5) is 47.2. The third kappa shape index (κ3) is 6.64. The number of rotatable bonds is 9. The molecule has 0 unspecified atom stereocenters. The topological polar surface area (TPSA) is 158 Å². The van der Waals surface area contributed by atoms with Gasteiger partial charge in [-0.3, -0.25) is 9.59 Å². The number of Topliss-reactive ketones (excluding diaryl/α,β-unsaturated/α-hetero) is 1. The molecule has 0 aliphatic carbocycles. The zero-order valence-electron chi connectivity index (χ0n) is 19.2. The van der Waals surface area contributed by atoms with Crippen LogP contribution in [-0.4, -0.2) is 85.8 Å². The molecule has 1 N–H and O–H groups in total. The van der Waals surface area contributed by atoms with Crippen molar-refractivity contribution in [2.75, 3.05) is 38.6 Å². The molecule has 0 radical (unpaired) electrons. The number of hydrogen-bond donors (Lipinski definition) is 1. The fourth-order valence-corrected chi connectivity index (χ4v) is 4.97. The van der Waals surface area contributed by atoms with E-state index in [4.69, 9.17) is 13.9 Å². The highest BCUT2D eigenvalue weighted by Gasteiger charge is 2.32. The van der Waals surface area contributed by atoms with E-state index in [1.54, 1.807) is 42.5 Å². The quantitative estimate of drug-likeness (QED) is 0.406. The average molecular weight is 517 g/mol. The number of sulfone groups is 1. The van der Waals surface area contributed by atoms with Gasteiger partial charge in [-0.05, 0) is 17.7 Å². The first-order valence-electron chi connectivity index (χ1n) is 11.1. The Morgan fingerprint density at radius 2 is 1.83 bits per heavy atom. The summed E-state index contributed by atoms with van der Waals surface area (Å²) in [6.07, 6.45) is -1.03. The molecular weight excluding hydrogens is 492 g/mol. The molecule has 4 rings (SSSR count). The summed E-state index contributed by atoms with van der Waals surface area (Å²) in [7, 11) is -3.87. The Hall–Kier alpha value is -3.84. The van der Waals surface area contributed by atoms with Crippen LogP contribution < -0.4 is 5.32 Å². The average Bonchev–Trinajstić information content (AvgIpc) is 3.32. The molecule has 2 amide bonds. The number of hydrogen-bond acceptors (Lipinski definition) is 10. The number of nitrogens with zero attached hydrogens (tertiary/aromatic N) is 3. The number of ketones is 1. The van der Waals surface area contributed by atoms with Crippen LogP contribution in [0, 0.1) is 0 Å². The number of carbonyl (C=O) groups excluding carboxylic acids is 3. The second-order valence-corrected chi connectivity index (χ2v) is 10.1. The Morgan fingerprint density at radius 3 is 2.56 bits per heavy atom. The smallest absolute Gasteiger partial charge is 0.410 e. The standard InChI is InChI=1S/C23H24N4O8S/c28-17(22-26-20-18(34-22)7-4-8-24-20)13-25-21(29)19(35-23(30)27-9-11-33-12-10-27)15-36(31,32)14-16-5-2-1-3-6-16/h1-8,19H,9-15H2,(H,25,29)/t19-/m0/s1. The van der Waals surface area contributed by atoms with Gasteiger partial charge in [0.15, 0.2) is 27.2 Å². The Bertz CT molecular complexity index is 1300. The first-order valence-corrected chi connectivity index (χ1v) is 12.9.